The van der Waals surface area contributed by atoms with Crippen LogP contribution in [0.1, 0.15) is 41.8 Å². The molecule has 128 valence electrons. The molecule has 5 nitrogen and oxygen atoms in total. The fourth-order valence-electron chi connectivity index (χ4n) is 2.92. The highest BCUT2D eigenvalue weighted by molar-refractivity contribution is 5.83. The van der Waals surface area contributed by atoms with Crippen molar-refractivity contribution >= 4 is 5.91 Å². The number of nitrogens with zero attached hydrogens (tertiary/aromatic N) is 3. The number of amides is 1. The van der Waals surface area contributed by atoms with E-state index in [1.807, 2.05) is 6.07 Å². The van der Waals surface area contributed by atoms with Gasteiger partial charge in [-0.2, -0.15) is 5.10 Å². The van der Waals surface area contributed by atoms with Gasteiger partial charge in [-0.3, -0.25) is 14.8 Å². The molecule has 0 bridgehead atoms. The summed E-state index contributed by atoms with van der Waals surface area (Å²) in [4.78, 5) is 16.2. The van der Waals surface area contributed by atoms with Crippen molar-refractivity contribution < 1.29 is 9.18 Å². The molecule has 1 heterocycles. The molecule has 1 aromatic carbocycles. The molecule has 0 spiro atoms. The molecular formula is C18H23FN4O. The van der Waals surface area contributed by atoms with E-state index in [4.69, 9.17) is 0 Å². The molecule has 1 saturated carbocycles. The molecule has 24 heavy (non-hydrogen) atoms. The summed E-state index contributed by atoms with van der Waals surface area (Å²) < 4.78 is 14.1. The van der Waals surface area contributed by atoms with Crippen molar-refractivity contribution in [2.75, 3.05) is 21.1 Å². The van der Waals surface area contributed by atoms with Gasteiger partial charge in [0.1, 0.15) is 11.9 Å². The van der Waals surface area contributed by atoms with E-state index in [2.05, 4.69) is 10.2 Å². The molecule has 1 aliphatic rings. The fraction of sp³-hybridized carbons (Fsp3) is 0.444. The summed E-state index contributed by atoms with van der Waals surface area (Å²) in [6.45, 7) is 0.428. The second-order valence-corrected chi connectivity index (χ2v) is 6.67. The predicted octanol–water partition coefficient (Wildman–Crippen LogP) is 2.69. The minimum Gasteiger partial charge on any atom is -0.338 e. The highest BCUT2D eigenvalue weighted by atomic mass is 19.1. The van der Waals surface area contributed by atoms with Crippen LogP contribution in [0.25, 0.3) is 0 Å². The third-order valence-corrected chi connectivity index (χ3v) is 4.38. The lowest BCUT2D eigenvalue weighted by atomic mass is 10.0. The van der Waals surface area contributed by atoms with Gasteiger partial charge in [-0.1, -0.05) is 18.2 Å². The Kier molecular flexibility index (Phi) is 4.66. The molecule has 1 fully saturated rings. The third kappa shape index (κ3) is 3.48. The molecule has 0 radical (unpaired) electrons. The van der Waals surface area contributed by atoms with Crippen LogP contribution < -0.4 is 0 Å². The normalized spacial score (nSPS) is 15.5. The van der Waals surface area contributed by atoms with Crippen LogP contribution in [0.15, 0.2) is 30.3 Å². The first-order chi connectivity index (χ1) is 11.5. The lowest BCUT2D eigenvalue weighted by molar-refractivity contribution is -0.135. The number of halogens is 1. The van der Waals surface area contributed by atoms with E-state index in [1.165, 1.54) is 18.9 Å². The van der Waals surface area contributed by atoms with Crippen LogP contribution in [0.4, 0.5) is 4.39 Å². The molecule has 1 aromatic heterocycles. The molecule has 6 heteroatoms. The van der Waals surface area contributed by atoms with E-state index in [9.17, 15) is 9.18 Å². The summed E-state index contributed by atoms with van der Waals surface area (Å²) in [6, 6.07) is 7.79. The van der Waals surface area contributed by atoms with Crippen LogP contribution in [-0.4, -0.2) is 47.0 Å². The van der Waals surface area contributed by atoms with Gasteiger partial charge in [-0.05, 0) is 39.1 Å². The van der Waals surface area contributed by atoms with Crippen molar-refractivity contribution in [3.63, 3.8) is 0 Å². The van der Waals surface area contributed by atoms with Crippen molar-refractivity contribution in [2.45, 2.75) is 31.3 Å². The number of likely N-dealkylation sites (N-methyl/N-ethyl adjacent to an activating group) is 2. The number of carbonyl (C=O) groups excluding carboxylic acids is 1. The fourth-order valence-corrected chi connectivity index (χ4v) is 2.92. The van der Waals surface area contributed by atoms with E-state index in [-0.39, 0.29) is 11.7 Å². The first kappa shape index (κ1) is 16.6. The second-order valence-electron chi connectivity index (χ2n) is 6.67. The van der Waals surface area contributed by atoms with Gasteiger partial charge in [0.2, 0.25) is 5.91 Å². The Morgan fingerprint density at radius 1 is 1.33 bits per heavy atom. The first-order valence-electron chi connectivity index (χ1n) is 8.17. The maximum absolute atomic E-state index is 14.1. The van der Waals surface area contributed by atoms with Gasteiger partial charge < -0.3 is 4.90 Å². The average Bonchev–Trinajstić information content (AvgIpc) is 3.29. The number of aromatic amines is 1. The number of aromatic nitrogens is 2. The zero-order valence-electron chi connectivity index (χ0n) is 14.3. The summed E-state index contributed by atoms with van der Waals surface area (Å²) in [5.41, 5.74) is 2.37. The summed E-state index contributed by atoms with van der Waals surface area (Å²) in [5, 5.41) is 7.31. The number of rotatable bonds is 6. The maximum atomic E-state index is 14.1. The number of benzene rings is 1. The quantitative estimate of drug-likeness (QED) is 0.886. The average molecular weight is 330 g/mol. The third-order valence-electron chi connectivity index (χ3n) is 4.38. The largest absolute Gasteiger partial charge is 0.338 e. The van der Waals surface area contributed by atoms with Gasteiger partial charge in [-0.25, -0.2) is 4.39 Å². The number of hydrogen-bond donors (Lipinski definition) is 1. The summed E-state index contributed by atoms with van der Waals surface area (Å²) in [7, 11) is 5.30. The molecule has 0 saturated heterocycles. The van der Waals surface area contributed by atoms with Gasteiger partial charge in [-0.15, -0.1) is 0 Å². The maximum Gasteiger partial charge on any atom is 0.244 e. The Hall–Kier alpha value is -2.21. The smallest absolute Gasteiger partial charge is 0.244 e. The molecule has 1 N–H and O–H groups in total. The van der Waals surface area contributed by atoms with Crippen molar-refractivity contribution in [1.82, 2.24) is 20.0 Å². The van der Waals surface area contributed by atoms with Crippen LogP contribution in [-0.2, 0) is 11.3 Å². The van der Waals surface area contributed by atoms with Gasteiger partial charge >= 0.3 is 0 Å². The molecule has 1 unspecified atom stereocenters. The van der Waals surface area contributed by atoms with Crippen LogP contribution in [0.5, 0.6) is 0 Å². The van der Waals surface area contributed by atoms with E-state index in [0.29, 0.717) is 18.0 Å². The topological polar surface area (TPSA) is 52.2 Å². The van der Waals surface area contributed by atoms with E-state index >= 15 is 0 Å². The van der Waals surface area contributed by atoms with Gasteiger partial charge in [0.15, 0.2) is 0 Å². The van der Waals surface area contributed by atoms with Gasteiger partial charge in [0.25, 0.3) is 0 Å². The lowest BCUT2D eigenvalue weighted by Crippen LogP contribution is -2.38. The van der Waals surface area contributed by atoms with E-state index < -0.39 is 6.04 Å². The summed E-state index contributed by atoms with van der Waals surface area (Å²) in [5.74, 6) is 0.0622. The Morgan fingerprint density at radius 3 is 2.67 bits per heavy atom. The Labute approximate surface area is 141 Å². The predicted molar refractivity (Wildman–Crippen MR) is 89.9 cm³/mol. The SMILES string of the molecule is CN(Cc1cc(C2CC2)n[nH]1)C(=O)C(c1ccccc1F)N(C)C. The minimum absolute atomic E-state index is 0.146. The second kappa shape index (κ2) is 6.73. The monoisotopic (exact) mass is 330 g/mol. The van der Waals surface area contributed by atoms with Crippen LogP contribution in [0, 0.1) is 5.82 Å². The molecule has 0 aliphatic heterocycles. The molecule has 3 rings (SSSR count). The highest BCUT2D eigenvalue weighted by Crippen LogP contribution is 2.39. The Balaban J connectivity index is 1.75. The first-order valence-corrected chi connectivity index (χ1v) is 8.17. The molecule has 1 atom stereocenters. The Bertz CT molecular complexity index is 723. The standard InChI is InChI=1S/C18H23FN4O/c1-22(2)17(14-6-4-5-7-15(14)19)18(24)23(3)11-13-10-16(21-20-13)12-8-9-12/h4-7,10,12,17H,8-9,11H2,1-3H3,(H,20,21). The van der Waals surface area contributed by atoms with Crippen LogP contribution >= 0.6 is 0 Å². The van der Waals surface area contributed by atoms with Gasteiger partial charge in [0, 0.05) is 18.5 Å². The zero-order chi connectivity index (χ0) is 17.3. The van der Waals surface area contributed by atoms with Crippen LogP contribution in [0.2, 0.25) is 0 Å². The van der Waals surface area contributed by atoms with Gasteiger partial charge in [0.05, 0.1) is 17.9 Å². The molecule has 1 aliphatic carbocycles. The van der Waals surface area contributed by atoms with Crippen molar-refractivity contribution in [3.8, 4) is 0 Å². The Morgan fingerprint density at radius 2 is 2.04 bits per heavy atom. The number of nitrogens with one attached hydrogen (secondary N) is 1. The van der Waals surface area contributed by atoms with Crippen molar-refractivity contribution in [1.29, 1.82) is 0 Å². The van der Waals surface area contributed by atoms with E-state index in [1.54, 1.807) is 49.1 Å². The molecular weight excluding hydrogens is 307 g/mol. The minimum atomic E-state index is -0.651. The van der Waals surface area contributed by atoms with E-state index in [0.717, 1.165) is 11.4 Å². The van der Waals surface area contributed by atoms with Crippen molar-refractivity contribution in [2.24, 2.45) is 0 Å². The number of hydrogen-bond acceptors (Lipinski definition) is 3. The van der Waals surface area contributed by atoms with Crippen molar-refractivity contribution in [3.05, 3.63) is 53.1 Å². The number of carbonyl (C=O) groups is 1. The summed E-state index contributed by atoms with van der Waals surface area (Å²) >= 11 is 0. The molecule has 2 aromatic rings. The highest BCUT2D eigenvalue weighted by Gasteiger charge is 2.29. The number of H-pyrrole nitrogens is 1. The zero-order valence-corrected chi connectivity index (χ0v) is 14.3. The summed E-state index contributed by atoms with van der Waals surface area (Å²) in [6.07, 6.45) is 2.38. The molecule has 1 amide bonds. The lowest BCUT2D eigenvalue weighted by Gasteiger charge is -2.28. The van der Waals surface area contributed by atoms with Crippen LogP contribution in [0.3, 0.4) is 0 Å².